The van der Waals surface area contributed by atoms with Gasteiger partial charge in [-0.1, -0.05) is 0 Å². The van der Waals surface area contributed by atoms with Crippen LogP contribution in [-0.2, 0) is 0 Å². The smallest absolute Gasteiger partial charge is 0.294 e. The van der Waals surface area contributed by atoms with Gasteiger partial charge < -0.3 is 11.1 Å². The zero-order valence-electron chi connectivity index (χ0n) is 7.61. The van der Waals surface area contributed by atoms with Crippen molar-refractivity contribution in [3.05, 3.63) is 28.3 Å². The molecule has 0 heterocycles. The standard InChI is InChI=1S/C8H9Cl2N3O2/c9-8(10)4-12-5-1-2-6(11)7(3-5)13(14)15/h1-3,8,12H,4,11H2. The maximum Gasteiger partial charge on any atom is 0.294 e. The Hall–Kier alpha value is -1.20. The fourth-order valence-electron chi connectivity index (χ4n) is 1.01. The van der Waals surface area contributed by atoms with E-state index in [1.165, 1.54) is 12.1 Å². The zero-order chi connectivity index (χ0) is 11.4. The van der Waals surface area contributed by atoms with Crippen LogP contribution < -0.4 is 11.1 Å². The molecular formula is C8H9Cl2N3O2. The lowest BCUT2D eigenvalue weighted by Crippen LogP contribution is -2.08. The predicted molar refractivity (Wildman–Crippen MR) is 61.5 cm³/mol. The molecule has 3 N–H and O–H groups in total. The number of nitrogens with zero attached hydrogens (tertiary/aromatic N) is 1. The van der Waals surface area contributed by atoms with Crippen molar-refractivity contribution in [2.75, 3.05) is 17.6 Å². The lowest BCUT2D eigenvalue weighted by Gasteiger charge is -2.06. The molecule has 0 unspecified atom stereocenters. The minimum atomic E-state index is -0.568. The highest BCUT2D eigenvalue weighted by Crippen LogP contribution is 2.25. The summed E-state index contributed by atoms with van der Waals surface area (Å²) in [4.78, 5) is 9.45. The minimum absolute atomic E-state index is 0.124. The van der Waals surface area contributed by atoms with E-state index < -0.39 is 9.76 Å². The molecule has 0 radical (unpaired) electrons. The van der Waals surface area contributed by atoms with Gasteiger partial charge in [-0.15, -0.1) is 23.2 Å². The van der Waals surface area contributed by atoms with E-state index in [4.69, 9.17) is 28.9 Å². The number of nitrogens with one attached hydrogen (secondary N) is 1. The van der Waals surface area contributed by atoms with Crippen molar-refractivity contribution >= 4 is 40.3 Å². The lowest BCUT2D eigenvalue weighted by atomic mass is 10.2. The van der Waals surface area contributed by atoms with Crippen LogP contribution in [0.5, 0.6) is 0 Å². The molecule has 0 atom stereocenters. The molecule has 0 saturated heterocycles. The Labute approximate surface area is 96.3 Å². The molecule has 82 valence electrons. The Morgan fingerprint density at radius 3 is 2.73 bits per heavy atom. The molecule has 1 aromatic carbocycles. The van der Waals surface area contributed by atoms with Crippen molar-refractivity contribution in [3.63, 3.8) is 0 Å². The number of hydrogen-bond donors (Lipinski definition) is 2. The number of alkyl halides is 2. The summed E-state index contributed by atoms with van der Waals surface area (Å²) < 4.78 is 0. The second-order valence-electron chi connectivity index (χ2n) is 2.80. The molecule has 5 nitrogen and oxygen atoms in total. The third-order valence-corrected chi connectivity index (χ3v) is 2.00. The van der Waals surface area contributed by atoms with Crippen LogP contribution in [0.4, 0.5) is 17.1 Å². The fourth-order valence-corrected chi connectivity index (χ4v) is 1.16. The van der Waals surface area contributed by atoms with Crippen molar-refractivity contribution in [3.8, 4) is 0 Å². The van der Waals surface area contributed by atoms with Crippen LogP contribution in [0, 0.1) is 10.1 Å². The van der Waals surface area contributed by atoms with Gasteiger partial charge in [0.25, 0.3) is 5.69 Å². The summed E-state index contributed by atoms with van der Waals surface area (Å²) in [5.41, 5.74) is 5.97. The zero-order valence-corrected chi connectivity index (χ0v) is 9.13. The molecule has 0 bridgehead atoms. The summed E-state index contributed by atoms with van der Waals surface area (Å²) in [6, 6.07) is 4.42. The first kappa shape index (κ1) is 11.9. The van der Waals surface area contributed by atoms with E-state index in [-0.39, 0.29) is 11.4 Å². The van der Waals surface area contributed by atoms with Gasteiger partial charge in [-0.05, 0) is 12.1 Å². The normalized spacial score (nSPS) is 10.3. The van der Waals surface area contributed by atoms with Crippen LogP contribution in [0.25, 0.3) is 0 Å². The van der Waals surface area contributed by atoms with Crippen molar-refractivity contribution in [2.24, 2.45) is 0 Å². The average Bonchev–Trinajstić information content (AvgIpc) is 2.16. The molecule has 7 heteroatoms. The first-order valence-corrected chi connectivity index (χ1v) is 4.94. The molecule has 0 amide bonds. The van der Waals surface area contributed by atoms with Crippen LogP contribution in [-0.4, -0.2) is 16.3 Å². The summed E-state index contributed by atoms with van der Waals surface area (Å²) in [5.74, 6) is 0. The summed E-state index contributed by atoms with van der Waals surface area (Å²) in [5, 5.41) is 13.4. The van der Waals surface area contributed by atoms with Gasteiger partial charge in [0.15, 0.2) is 0 Å². The molecule has 0 spiro atoms. The highest BCUT2D eigenvalue weighted by Gasteiger charge is 2.11. The Kier molecular flexibility index (Phi) is 3.99. The van der Waals surface area contributed by atoms with Gasteiger partial charge in [0.1, 0.15) is 10.5 Å². The number of nitro groups is 1. The highest BCUT2D eigenvalue weighted by atomic mass is 35.5. The van der Waals surface area contributed by atoms with Crippen LogP contribution in [0.3, 0.4) is 0 Å². The number of hydrogen-bond acceptors (Lipinski definition) is 4. The quantitative estimate of drug-likeness (QED) is 0.372. The molecule has 0 aliphatic rings. The van der Waals surface area contributed by atoms with E-state index in [0.29, 0.717) is 12.2 Å². The Morgan fingerprint density at radius 1 is 1.53 bits per heavy atom. The molecule has 1 aromatic rings. The van der Waals surface area contributed by atoms with E-state index in [9.17, 15) is 10.1 Å². The van der Waals surface area contributed by atoms with Crippen molar-refractivity contribution in [2.45, 2.75) is 4.84 Å². The summed E-state index contributed by atoms with van der Waals surface area (Å²) in [6.07, 6.45) is 0. The maximum absolute atomic E-state index is 10.6. The van der Waals surface area contributed by atoms with Gasteiger partial charge in [0.05, 0.1) is 4.92 Å². The third-order valence-electron chi connectivity index (χ3n) is 1.69. The van der Waals surface area contributed by atoms with Crippen LogP contribution >= 0.6 is 23.2 Å². The number of benzene rings is 1. The van der Waals surface area contributed by atoms with Gasteiger partial charge in [0.2, 0.25) is 0 Å². The van der Waals surface area contributed by atoms with E-state index in [1.807, 2.05) is 0 Å². The molecule has 0 aliphatic carbocycles. The van der Waals surface area contributed by atoms with E-state index in [2.05, 4.69) is 5.32 Å². The lowest BCUT2D eigenvalue weighted by molar-refractivity contribution is -0.383. The molecule has 0 saturated carbocycles. The number of nitro benzene ring substituents is 1. The number of anilines is 2. The topological polar surface area (TPSA) is 81.2 Å². The van der Waals surface area contributed by atoms with Gasteiger partial charge in [-0.2, -0.15) is 0 Å². The summed E-state index contributed by atoms with van der Waals surface area (Å²) in [6.45, 7) is 0.310. The van der Waals surface area contributed by atoms with Gasteiger partial charge in [-0.3, -0.25) is 10.1 Å². The van der Waals surface area contributed by atoms with Crippen molar-refractivity contribution in [1.82, 2.24) is 0 Å². The summed E-state index contributed by atoms with van der Waals surface area (Å²) >= 11 is 11.0. The Bertz CT molecular complexity index is 371. The second kappa shape index (κ2) is 5.04. The SMILES string of the molecule is Nc1ccc(NCC(Cl)Cl)cc1[N+](=O)[O-]. The second-order valence-corrected chi connectivity index (χ2v) is 4.08. The first-order chi connectivity index (χ1) is 7.00. The van der Waals surface area contributed by atoms with E-state index >= 15 is 0 Å². The van der Waals surface area contributed by atoms with Crippen molar-refractivity contribution in [1.29, 1.82) is 0 Å². The number of nitrogens with two attached hydrogens (primary N) is 1. The Morgan fingerprint density at radius 2 is 2.20 bits per heavy atom. The Balaban J connectivity index is 2.83. The number of nitrogen functional groups attached to an aromatic ring is 1. The molecule has 0 aliphatic heterocycles. The average molecular weight is 250 g/mol. The predicted octanol–water partition coefficient (Wildman–Crippen LogP) is 2.39. The number of rotatable bonds is 4. The van der Waals surface area contributed by atoms with Crippen molar-refractivity contribution < 1.29 is 4.92 Å². The number of halogens is 2. The molecule has 0 fully saturated rings. The van der Waals surface area contributed by atoms with Crippen LogP contribution in [0.15, 0.2) is 18.2 Å². The van der Waals surface area contributed by atoms with Gasteiger partial charge >= 0.3 is 0 Å². The fraction of sp³-hybridized carbons (Fsp3) is 0.250. The third kappa shape index (κ3) is 3.45. The largest absolute Gasteiger partial charge is 0.393 e. The maximum atomic E-state index is 10.6. The minimum Gasteiger partial charge on any atom is -0.393 e. The first-order valence-electron chi connectivity index (χ1n) is 4.06. The molecule has 0 aromatic heterocycles. The highest BCUT2D eigenvalue weighted by molar-refractivity contribution is 6.44. The van der Waals surface area contributed by atoms with Crippen LogP contribution in [0.2, 0.25) is 0 Å². The molecule has 1 rings (SSSR count). The van der Waals surface area contributed by atoms with Crippen LogP contribution in [0.1, 0.15) is 0 Å². The van der Waals surface area contributed by atoms with E-state index in [1.54, 1.807) is 6.07 Å². The van der Waals surface area contributed by atoms with E-state index in [0.717, 1.165) is 0 Å². The molecule has 15 heavy (non-hydrogen) atoms. The summed E-state index contributed by atoms with van der Waals surface area (Å²) in [7, 11) is 0. The molecular weight excluding hydrogens is 241 g/mol. The van der Waals surface area contributed by atoms with Gasteiger partial charge in [0, 0.05) is 18.3 Å². The van der Waals surface area contributed by atoms with Gasteiger partial charge in [-0.25, -0.2) is 0 Å². The monoisotopic (exact) mass is 249 g/mol.